The van der Waals surface area contributed by atoms with Gasteiger partial charge in [0.15, 0.2) is 10.8 Å². The van der Waals surface area contributed by atoms with Gasteiger partial charge in [0.2, 0.25) is 0 Å². The van der Waals surface area contributed by atoms with Gasteiger partial charge in [-0.3, -0.25) is 9.59 Å². The maximum absolute atomic E-state index is 11.9. The molecule has 0 saturated carbocycles. The molecule has 0 saturated heterocycles. The smallest absolute Gasteiger partial charge is 0.306 e. The van der Waals surface area contributed by atoms with Gasteiger partial charge in [0, 0.05) is 11.9 Å². The molecule has 0 aromatic carbocycles. The van der Waals surface area contributed by atoms with Crippen LogP contribution in [0.25, 0.3) is 10.8 Å². The number of nitrogens with one attached hydrogen (secondary N) is 1. The van der Waals surface area contributed by atoms with Crippen molar-refractivity contribution in [2.75, 3.05) is 6.54 Å². The summed E-state index contributed by atoms with van der Waals surface area (Å²) in [4.78, 5) is 26.8. The summed E-state index contributed by atoms with van der Waals surface area (Å²) in [5.41, 5.74) is 0.345. The molecule has 1 unspecified atom stereocenters. The van der Waals surface area contributed by atoms with Gasteiger partial charge in [-0.25, -0.2) is 4.98 Å². The number of thiazole rings is 1. The lowest BCUT2D eigenvalue weighted by Crippen LogP contribution is -2.25. The van der Waals surface area contributed by atoms with E-state index < -0.39 is 11.9 Å². The second-order valence-corrected chi connectivity index (χ2v) is 5.51. The standard InChI is InChI=1S/C14H16N2O4S/c1-9(14(18)19)4-2-6-15-12(17)10-8-21-13(16-10)11-5-3-7-20-11/h3,5,7-9H,2,4,6H2,1H3,(H,15,17)(H,18,19). The Morgan fingerprint density at radius 3 is 3.00 bits per heavy atom. The highest BCUT2D eigenvalue weighted by atomic mass is 32.1. The molecule has 2 heterocycles. The largest absolute Gasteiger partial charge is 0.481 e. The number of hydrogen-bond acceptors (Lipinski definition) is 5. The normalized spacial score (nSPS) is 12.0. The number of carboxylic acids is 1. The van der Waals surface area contributed by atoms with Crippen molar-refractivity contribution in [1.82, 2.24) is 10.3 Å². The van der Waals surface area contributed by atoms with Gasteiger partial charge < -0.3 is 14.8 Å². The summed E-state index contributed by atoms with van der Waals surface area (Å²) in [5.74, 6) is -0.836. The number of rotatable bonds is 7. The zero-order chi connectivity index (χ0) is 15.2. The molecule has 0 fully saturated rings. The average molecular weight is 308 g/mol. The first-order chi connectivity index (χ1) is 10.1. The average Bonchev–Trinajstić information content (AvgIpc) is 3.12. The second kappa shape index (κ2) is 7.03. The third-order valence-electron chi connectivity index (χ3n) is 2.99. The molecule has 2 N–H and O–H groups in total. The van der Waals surface area contributed by atoms with Crippen molar-refractivity contribution in [3.63, 3.8) is 0 Å². The van der Waals surface area contributed by atoms with Crippen molar-refractivity contribution in [3.05, 3.63) is 29.5 Å². The molecule has 1 amide bonds. The predicted octanol–water partition coefficient (Wildman–Crippen LogP) is 2.63. The van der Waals surface area contributed by atoms with Crippen LogP contribution in [0.3, 0.4) is 0 Å². The van der Waals surface area contributed by atoms with E-state index in [0.717, 1.165) is 0 Å². The topological polar surface area (TPSA) is 92.4 Å². The lowest BCUT2D eigenvalue weighted by atomic mass is 10.1. The highest BCUT2D eigenvalue weighted by molar-refractivity contribution is 7.13. The van der Waals surface area contributed by atoms with Gasteiger partial charge >= 0.3 is 5.97 Å². The molecular formula is C14H16N2O4S. The Morgan fingerprint density at radius 2 is 2.33 bits per heavy atom. The molecule has 0 aliphatic carbocycles. The molecule has 6 nitrogen and oxygen atoms in total. The number of amides is 1. The number of hydrogen-bond donors (Lipinski definition) is 2. The van der Waals surface area contributed by atoms with E-state index >= 15 is 0 Å². The van der Waals surface area contributed by atoms with E-state index in [2.05, 4.69) is 10.3 Å². The number of carbonyl (C=O) groups excluding carboxylic acids is 1. The molecular weight excluding hydrogens is 292 g/mol. The van der Waals surface area contributed by atoms with Gasteiger partial charge in [-0.15, -0.1) is 11.3 Å². The molecule has 0 aliphatic heterocycles. The van der Waals surface area contributed by atoms with E-state index in [-0.39, 0.29) is 5.91 Å². The fourth-order valence-electron chi connectivity index (χ4n) is 1.72. The van der Waals surface area contributed by atoms with Gasteiger partial charge in [-0.05, 0) is 25.0 Å². The maximum atomic E-state index is 11.9. The van der Waals surface area contributed by atoms with Gasteiger partial charge in [0.05, 0.1) is 12.2 Å². The van der Waals surface area contributed by atoms with Gasteiger partial charge in [0.1, 0.15) is 5.69 Å². The number of carbonyl (C=O) groups is 2. The molecule has 1 atom stereocenters. The third kappa shape index (κ3) is 4.16. The first-order valence-corrected chi connectivity index (χ1v) is 7.46. The van der Waals surface area contributed by atoms with Gasteiger partial charge in [-0.2, -0.15) is 0 Å². The second-order valence-electron chi connectivity index (χ2n) is 4.65. The van der Waals surface area contributed by atoms with E-state index in [1.165, 1.54) is 11.3 Å². The molecule has 7 heteroatoms. The molecule has 0 aliphatic rings. The summed E-state index contributed by atoms with van der Waals surface area (Å²) in [6, 6.07) is 3.55. The number of aliphatic carboxylic acids is 1. The first kappa shape index (κ1) is 15.2. The van der Waals surface area contributed by atoms with Crippen LogP contribution in [0.2, 0.25) is 0 Å². The molecule has 0 spiro atoms. The van der Waals surface area contributed by atoms with Crippen LogP contribution in [0, 0.1) is 5.92 Å². The van der Waals surface area contributed by atoms with Gasteiger partial charge in [0.25, 0.3) is 5.91 Å². The lowest BCUT2D eigenvalue weighted by Gasteiger charge is -2.06. The van der Waals surface area contributed by atoms with E-state index in [4.69, 9.17) is 9.52 Å². The van der Waals surface area contributed by atoms with Gasteiger partial charge in [-0.1, -0.05) is 6.92 Å². The number of furan rings is 1. The van der Waals surface area contributed by atoms with Crippen LogP contribution >= 0.6 is 11.3 Å². The number of nitrogens with zero attached hydrogens (tertiary/aromatic N) is 1. The van der Waals surface area contributed by atoms with E-state index in [1.54, 1.807) is 30.7 Å². The predicted molar refractivity (Wildman–Crippen MR) is 78.2 cm³/mol. The summed E-state index contributed by atoms with van der Waals surface area (Å²) in [7, 11) is 0. The molecule has 112 valence electrons. The number of aromatic nitrogens is 1. The van der Waals surface area contributed by atoms with E-state index in [0.29, 0.717) is 35.8 Å². The third-order valence-corrected chi connectivity index (χ3v) is 3.85. The Morgan fingerprint density at radius 1 is 1.52 bits per heavy atom. The Kier molecular flexibility index (Phi) is 5.10. The van der Waals surface area contributed by atoms with Crippen LogP contribution in [-0.2, 0) is 4.79 Å². The minimum Gasteiger partial charge on any atom is -0.481 e. The van der Waals surface area contributed by atoms with Crippen molar-refractivity contribution in [1.29, 1.82) is 0 Å². The minimum atomic E-state index is -0.816. The van der Waals surface area contributed by atoms with Crippen LogP contribution < -0.4 is 5.32 Å². The monoisotopic (exact) mass is 308 g/mol. The Balaban J connectivity index is 1.80. The van der Waals surface area contributed by atoms with Crippen LogP contribution in [0.4, 0.5) is 0 Å². The minimum absolute atomic E-state index is 0.257. The summed E-state index contributed by atoms with van der Waals surface area (Å²) >= 11 is 1.34. The molecule has 21 heavy (non-hydrogen) atoms. The molecule has 0 radical (unpaired) electrons. The zero-order valence-corrected chi connectivity index (χ0v) is 12.4. The summed E-state index contributed by atoms with van der Waals surface area (Å²) < 4.78 is 5.22. The summed E-state index contributed by atoms with van der Waals surface area (Å²) in [6.45, 7) is 2.09. The van der Waals surface area contributed by atoms with Crippen LogP contribution in [0.1, 0.15) is 30.3 Å². The van der Waals surface area contributed by atoms with Crippen LogP contribution in [-0.4, -0.2) is 28.5 Å². The lowest BCUT2D eigenvalue weighted by molar-refractivity contribution is -0.141. The summed E-state index contributed by atoms with van der Waals surface area (Å²) in [5, 5.41) is 13.8. The number of carboxylic acid groups (broad SMARTS) is 1. The molecule has 2 aromatic rings. The Hall–Kier alpha value is -2.15. The quantitative estimate of drug-likeness (QED) is 0.767. The van der Waals surface area contributed by atoms with Crippen LogP contribution in [0.5, 0.6) is 0 Å². The van der Waals surface area contributed by atoms with Crippen molar-refractivity contribution in [2.24, 2.45) is 5.92 Å². The Labute approximate surface area is 125 Å². The van der Waals surface area contributed by atoms with Crippen molar-refractivity contribution >= 4 is 23.2 Å². The highest BCUT2D eigenvalue weighted by Gasteiger charge is 2.14. The highest BCUT2D eigenvalue weighted by Crippen LogP contribution is 2.23. The Bertz CT molecular complexity index is 606. The van der Waals surface area contributed by atoms with E-state index in [1.807, 2.05) is 0 Å². The fraction of sp³-hybridized carbons (Fsp3) is 0.357. The molecule has 0 bridgehead atoms. The van der Waals surface area contributed by atoms with Crippen molar-refractivity contribution in [3.8, 4) is 10.8 Å². The maximum Gasteiger partial charge on any atom is 0.306 e. The van der Waals surface area contributed by atoms with Crippen molar-refractivity contribution < 1.29 is 19.1 Å². The van der Waals surface area contributed by atoms with E-state index in [9.17, 15) is 9.59 Å². The SMILES string of the molecule is CC(CCCNC(=O)c1csc(-c2ccco2)n1)C(=O)O. The first-order valence-electron chi connectivity index (χ1n) is 6.58. The molecule has 2 rings (SSSR count). The van der Waals surface area contributed by atoms with Crippen LogP contribution in [0.15, 0.2) is 28.2 Å². The molecule has 2 aromatic heterocycles. The summed E-state index contributed by atoms with van der Waals surface area (Å²) in [6.07, 6.45) is 2.71. The zero-order valence-electron chi connectivity index (χ0n) is 11.5. The fourth-order valence-corrected chi connectivity index (χ4v) is 2.48. The van der Waals surface area contributed by atoms with Crippen molar-refractivity contribution in [2.45, 2.75) is 19.8 Å².